The lowest BCUT2D eigenvalue weighted by molar-refractivity contribution is -0.113. The minimum Gasteiger partial charge on any atom is -0.330 e. The smallest absolute Gasteiger partial charge is 0.239 e. The molecular weight excluding hydrogens is 224 g/mol. The zero-order chi connectivity index (χ0) is 11.8. The number of anilines is 1. The first-order chi connectivity index (χ1) is 7.76. The third kappa shape index (κ3) is 4.35. The van der Waals surface area contributed by atoms with Gasteiger partial charge in [0.15, 0.2) is 0 Å². The molecule has 0 saturated carbocycles. The highest BCUT2D eigenvalue weighted by molar-refractivity contribution is 6.29. The van der Waals surface area contributed by atoms with E-state index in [0.717, 1.165) is 11.3 Å². The maximum atomic E-state index is 11.0. The second-order valence-corrected chi connectivity index (χ2v) is 3.37. The van der Waals surface area contributed by atoms with Crippen LogP contribution in [0.2, 0.25) is 0 Å². The molecule has 0 spiro atoms. The highest BCUT2D eigenvalue weighted by atomic mass is 35.5. The third-order valence-corrected chi connectivity index (χ3v) is 2.03. The van der Waals surface area contributed by atoms with Gasteiger partial charge < -0.3 is 11.1 Å². The molecule has 0 radical (unpaired) electrons. The van der Waals surface area contributed by atoms with Crippen LogP contribution in [-0.2, 0) is 4.79 Å². The Bertz CT molecular complexity index is 403. The van der Waals surface area contributed by atoms with Crippen LogP contribution in [0.1, 0.15) is 12.0 Å². The van der Waals surface area contributed by atoms with Gasteiger partial charge in [-0.25, -0.2) is 0 Å². The molecule has 3 nitrogen and oxygen atoms in total. The summed E-state index contributed by atoms with van der Waals surface area (Å²) in [6.45, 7) is 0.566. The molecule has 3 N–H and O–H groups in total. The minimum absolute atomic E-state index is 0.0436. The van der Waals surface area contributed by atoms with Crippen molar-refractivity contribution in [1.82, 2.24) is 0 Å². The predicted molar refractivity (Wildman–Crippen MR) is 66.3 cm³/mol. The van der Waals surface area contributed by atoms with E-state index in [4.69, 9.17) is 17.3 Å². The summed E-state index contributed by atoms with van der Waals surface area (Å²) < 4.78 is 0. The number of benzene rings is 1. The third-order valence-electron chi connectivity index (χ3n) is 1.79. The van der Waals surface area contributed by atoms with Gasteiger partial charge >= 0.3 is 0 Å². The van der Waals surface area contributed by atoms with Crippen molar-refractivity contribution in [2.24, 2.45) is 5.73 Å². The highest BCUT2D eigenvalue weighted by Gasteiger charge is 1.98. The van der Waals surface area contributed by atoms with Crippen molar-refractivity contribution in [1.29, 1.82) is 0 Å². The van der Waals surface area contributed by atoms with Crippen LogP contribution in [0.4, 0.5) is 5.69 Å². The normalized spacial score (nSPS) is 9.12. The molecule has 1 rings (SSSR count). The average molecular weight is 237 g/mol. The summed E-state index contributed by atoms with van der Waals surface area (Å²) in [5.74, 6) is 5.65. The molecule has 0 aromatic heterocycles. The average Bonchev–Trinajstić information content (AvgIpc) is 2.31. The van der Waals surface area contributed by atoms with Gasteiger partial charge in [0.05, 0.1) is 0 Å². The first-order valence-electron chi connectivity index (χ1n) is 4.91. The molecule has 4 heteroatoms. The first-order valence-corrected chi connectivity index (χ1v) is 5.44. The molecule has 0 fully saturated rings. The van der Waals surface area contributed by atoms with E-state index < -0.39 is 0 Å². The second kappa shape index (κ2) is 6.89. The van der Waals surface area contributed by atoms with E-state index in [1.54, 1.807) is 12.1 Å². The maximum absolute atomic E-state index is 11.0. The van der Waals surface area contributed by atoms with Crippen LogP contribution in [0.25, 0.3) is 0 Å². The summed E-state index contributed by atoms with van der Waals surface area (Å²) in [5, 5.41) is 2.65. The Morgan fingerprint density at radius 1 is 1.38 bits per heavy atom. The van der Waals surface area contributed by atoms with Crippen LogP contribution < -0.4 is 11.1 Å². The van der Waals surface area contributed by atoms with Gasteiger partial charge in [-0.1, -0.05) is 11.8 Å². The zero-order valence-corrected chi connectivity index (χ0v) is 9.55. The topological polar surface area (TPSA) is 55.1 Å². The number of halogens is 1. The fourth-order valence-electron chi connectivity index (χ4n) is 1.07. The minimum atomic E-state index is -0.219. The number of hydrogen-bond acceptors (Lipinski definition) is 2. The Hall–Kier alpha value is -1.50. The quantitative estimate of drug-likeness (QED) is 0.618. The SMILES string of the molecule is NCCC#Cc1ccc(NC(=O)CCl)cc1. The van der Waals surface area contributed by atoms with Gasteiger partial charge in [-0.15, -0.1) is 11.6 Å². The van der Waals surface area contributed by atoms with E-state index in [1.807, 2.05) is 12.1 Å². The molecule has 0 aliphatic rings. The Balaban J connectivity index is 2.62. The summed E-state index contributed by atoms with van der Waals surface area (Å²) in [5.41, 5.74) is 6.94. The summed E-state index contributed by atoms with van der Waals surface area (Å²) >= 11 is 5.37. The van der Waals surface area contributed by atoms with Gasteiger partial charge in [0.1, 0.15) is 5.88 Å². The largest absolute Gasteiger partial charge is 0.330 e. The van der Waals surface area contributed by atoms with Crippen molar-refractivity contribution < 1.29 is 4.79 Å². The molecule has 1 aromatic carbocycles. The lowest BCUT2D eigenvalue weighted by Gasteiger charge is -2.01. The lowest BCUT2D eigenvalue weighted by atomic mass is 10.2. The molecule has 1 amide bonds. The second-order valence-electron chi connectivity index (χ2n) is 3.10. The van der Waals surface area contributed by atoms with E-state index in [1.165, 1.54) is 0 Å². The highest BCUT2D eigenvalue weighted by Crippen LogP contribution is 2.08. The van der Waals surface area contributed by atoms with E-state index in [2.05, 4.69) is 17.2 Å². The molecule has 0 atom stereocenters. The van der Waals surface area contributed by atoms with E-state index in [-0.39, 0.29) is 11.8 Å². The van der Waals surface area contributed by atoms with Gasteiger partial charge in [0, 0.05) is 24.2 Å². The summed E-state index contributed by atoms with van der Waals surface area (Å²) in [6, 6.07) is 7.26. The number of alkyl halides is 1. The Morgan fingerprint density at radius 2 is 2.06 bits per heavy atom. The number of hydrogen-bond donors (Lipinski definition) is 2. The van der Waals surface area contributed by atoms with E-state index in [0.29, 0.717) is 13.0 Å². The number of carbonyl (C=O) groups excluding carboxylic acids is 1. The van der Waals surface area contributed by atoms with Crippen LogP contribution in [0, 0.1) is 11.8 Å². The molecule has 0 aliphatic heterocycles. The van der Waals surface area contributed by atoms with Gasteiger partial charge in [0.25, 0.3) is 0 Å². The van der Waals surface area contributed by atoms with Crippen LogP contribution in [0.3, 0.4) is 0 Å². The van der Waals surface area contributed by atoms with Crippen LogP contribution in [0.5, 0.6) is 0 Å². The fraction of sp³-hybridized carbons (Fsp3) is 0.250. The molecule has 1 aromatic rings. The first kappa shape index (κ1) is 12.6. The van der Waals surface area contributed by atoms with Crippen molar-refractivity contribution in [2.45, 2.75) is 6.42 Å². The van der Waals surface area contributed by atoms with Gasteiger partial charge in [0.2, 0.25) is 5.91 Å². The predicted octanol–water partition coefficient (Wildman–Crippen LogP) is 1.56. The molecule has 0 aliphatic carbocycles. The number of nitrogens with one attached hydrogen (secondary N) is 1. The van der Waals surface area contributed by atoms with E-state index in [9.17, 15) is 4.79 Å². The zero-order valence-electron chi connectivity index (χ0n) is 8.79. The van der Waals surface area contributed by atoms with Gasteiger partial charge in [-0.2, -0.15) is 0 Å². The Morgan fingerprint density at radius 3 is 2.62 bits per heavy atom. The molecular formula is C12H13ClN2O. The Kier molecular flexibility index (Phi) is 5.41. The number of nitrogens with two attached hydrogens (primary N) is 1. The van der Waals surface area contributed by atoms with Gasteiger partial charge in [-0.3, -0.25) is 4.79 Å². The summed E-state index contributed by atoms with van der Waals surface area (Å²) in [4.78, 5) is 11.0. The van der Waals surface area contributed by atoms with Crippen molar-refractivity contribution in [3.8, 4) is 11.8 Å². The number of rotatable bonds is 3. The van der Waals surface area contributed by atoms with Crippen LogP contribution in [0.15, 0.2) is 24.3 Å². The molecule has 0 unspecified atom stereocenters. The lowest BCUT2D eigenvalue weighted by Crippen LogP contribution is -2.12. The maximum Gasteiger partial charge on any atom is 0.239 e. The Labute approximate surface area is 100.0 Å². The summed E-state index contributed by atoms with van der Waals surface area (Å²) in [7, 11) is 0. The molecule has 0 saturated heterocycles. The van der Waals surface area contributed by atoms with Crippen molar-refractivity contribution >= 4 is 23.2 Å². The van der Waals surface area contributed by atoms with Crippen LogP contribution >= 0.6 is 11.6 Å². The van der Waals surface area contributed by atoms with Gasteiger partial charge in [-0.05, 0) is 24.3 Å². The number of carbonyl (C=O) groups is 1. The van der Waals surface area contributed by atoms with Crippen molar-refractivity contribution in [3.63, 3.8) is 0 Å². The van der Waals surface area contributed by atoms with Crippen LogP contribution in [-0.4, -0.2) is 18.3 Å². The number of amides is 1. The molecule has 0 bridgehead atoms. The van der Waals surface area contributed by atoms with E-state index >= 15 is 0 Å². The fourth-order valence-corrected chi connectivity index (χ4v) is 1.13. The van der Waals surface area contributed by atoms with Crippen molar-refractivity contribution in [2.75, 3.05) is 17.7 Å². The summed E-state index contributed by atoms with van der Waals surface area (Å²) in [6.07, 6.45) is 0.685. The van der Waals surface area contributed by atoms with Crippen molar-refractivity contribution in [3.05, 3.63) is 29.8 Å². The molecule has 16 heavy (non-hydrogen) atoms. The molecule has 0 heterocycles. The standard InChI is InChI=1S/C12H13ClN2O/c13-9-12(16)15-11-6-4-10(5-7-11)3-1-2-8-14/h4-7H,2,8-9,14H2,(H,15,16). The monoisotopic (exact) mass is 236 g/mol. The molecule has 84 valence electrons.